The number of nitrogens with zero attached hydrogens (tertiary/aromatic N) is 3. The third-order valence-electron chi connectivity index (χ3n) is 8.05. The molecule has 264 valence electrons. The number of methoxy groups -OCH3 is 2. The van der Waals surface area contributed by atoms with Crippen LogP contribution in [-0.2, 0) is 32.6 Å². The fraction of sp³-hybridized carbons (Fsp3) is 0.297. The van der Waals surface area contributed by atoms with Gasteiger partial charge >= 0.3 is 0 Å². The zero-order chi connectivity index (χ0) is 36.4. The topological polar surface area (TPSA) is 148 Å². The SMILES string of the molecule is COc1ccc(N(CC(=O)N(Cc2cccc(OC)c2)[C@H](Cc2ccccc2)C(=O)NCC(C)C)S(=O)(=O)c2ccc(C)c([N+](=O)[O-])c2)cc1. The van der Waals surface area contributed by atoms with Crippen molar-refractivity contribution in [3.05, 3.63) is 124 Å². The fourth-order valence-corrected chi connectivity index (χ4v) is 6.73. The molecule has 2 amide bonds. The first-order valence-corrected chi connectivity index (χ1v) is 17.4. The molecule has 1 atom stereocenters. The molecule has 4 aromatic rings. The van der Waals surface area contributed by atoms with E-state index in [9.17, 15) is 28.1 Å². The summed E-state index contributed by atoms with van der Waals surface area (Å²) in [6.45, 7) is 5.02. The van der Waals surface area contributed by atoms with Crippen LogP contribution in [-0.4, -0.2) is 63.4 Å². The van der Waals surface area contributed by atoms with E-state index in [1.165, 1.54) is 50.3 Å². The zero-order valence-electron chi connectivity index (χ0n) is 28.7. The van der Waals surface area contributed by atoms with E-state index in [1.54, 1.807) is 36.4 Å². The number of sulfonamides is 1. The summed E-state index contributed by atoms with van der Waals surface area (Å²) in [5.74, 6) is 0.0596. The van der Waals surface area contributed by atoms with Gasteiger partial charge in [-0.3, -0.25) is 24.0 Å². The van der Waals surface area contributed by atoms with Crippen molar-refractivity contribution in [1.82, 2.24) is 10.2 Å². The molecular weight excluding hydrogens is 660 g/mol. The first kappa shape index (κ1) is 37.4. The lowest BCUT2D eigenvalue weighted by Crippen LogP contribution is -2.53. The molecule has 0 radical (unpaired) electrons. The van der Waals surface area contributed by atoms with Gasteiger partial charge in [-0.2, -0.15) is 0 Å². The van der Waals surface area contributed by atoms with Crippen LogP contribution in [0, 0.1) is 23.0 Å². The van der Waals surface area contributed by atoms with Crippen LogP contribution < -0.4 is 19.1 Å². The van der Waals surface area contributed by atoms with Gasteiger partial charge in [-0.1, -0.05) is 62.4 Å². The molecule has 0 heterocycles. The molecule has 50 heavy (non-hydrogen) atoms. The van der Waals surface area contributed by atoms with Crippen LogP contribution in [0.4, 0.5) is 11.4 Å². The number of rotatable bonds is 16. The van der Waals surface area contributed by atoms with Crippen molar-refractivity contribution in [2.24, 2.45) is 5.92 Å². The molecule has 1 N–H and O–H groups in total. The highest BCUT2D eigenvalue weighted by Crippen LogP contribution is 2.30. The quantitative estimate of drug-likeness (QED) is 0.118. The van der Waals surface area contributed by atoms with E-state index < -0.39 is 39.3 Å². The predicted octanol–water partition coefficient (Wildman–Crippen LogP) is 5.53. The fourth-order valence-electron chi connectivity index (χ4n) is 5.29. The van der Waals surface area contributed by atoms with Gasteiger partial charge < -0.3 is 19.7 Å². The Morgan fingerprint density at radius 3 is 2.14 bits per heavy atom. The normalized spacial score (nSPS) is 11.8. The Labute approximate surface area is 292 Å². The number of nitro groups is 1. The van der Waals surface area contributed by atoms with E-state index in [2.05, 4.69) is 5.32 Å². The Morgan fingerprint density at radius 2 is 1.52 bits per heavy atom. The van der Waals surface area contributed by atoms with Crippen LogP contribution in [0.1, 0.15) is 30.5 Å². The maximum atomic E-state index is 14.7. The minimum absolute atomic E-state index is 0.0465. The second kappa shape index (κ2) is 16.8. The second-order valence-electron chi connectivity index (χ2n) is 12.1. The van der Waals surface area contributed by atoms with Gasteiger partial charge in [-0.05, 0) is 66.4 Å². The summed E-state index contributed by atoms with van der Waals surface area (Å²) in [7, 11) is -1.58. The summed E-state index contributed by atoms with van der Waals surface area (Å²) in [4.78, 5) is 40.7. The molecule has 4 aromatic carbocycles. The molecule has 0 saturated heterocycles. The number of aryl methyl sites for hydroxylation is 1. The van der Waals surface area contributed by atoms with Gasteiger partial charge in [-0.15, -0.1) is 0 Å². The van der Waals surface area contributed by atoms with Crippen LogP contribution in [0.2, 0.25) is 0 Å². The molecule has 0 bridgehead atoms. The molecule has 0 fully saturated rings. The second-order valence-corrected chi connectivity index (χ2v) is 14.0. The summed E-state index contributed by atoms with van der Waals surface area (Å²) in [5.41, 5.74) is 1.47. The molecule has 0 aliphatic carbocycles. The lowest BCUT2D eigenvalue weighted by Gasteiger charge is -2.34. The molecule has 0 aliphatic heterocycles. The van der Waals surface area contributed by atoms with Crippen molar-refractivity contribution in [1.29, 1.82) is 0 Å². The number of carbonyl (C=O) groups excluding carboxylic acids is 2. The Bertz CT molecular complexity index is 1900. The highest BCUT2D eigenvalue weighted by Gasteiger charge is 2.35. The number of ether oxygens (including phenoxy) is 2. The average Bonchev–Trinajstić information content (AvgIpc) is 3.11. The van der Waals surface area contributed by atoms with Gasteiger partial charge in [0.25, 0.3) is 15.7 Å². The number of nitro benzene ring substituents is 1. The van der Waals surface area contributed by atoms with Gasteiger partial charge in [0.05, 0.1) is 29.7 Å². The molecule has 0 aromatic heterocycles. The van der Waals surface area contributed by atoms with Crippen molar-refractivity contribution in [2.75, 3.05) is 31.6 Å². The van der Waals surface area contributed by atoms with Crippen molar-refractivity contribution in [2.45, 2.75) is 44.7 Å². The van der Waals surface area contributed by atoms with Gasteiger partial charge in [0.15, 0.2) is 0 Å². The minimum Gasteiger partial charge on any atom is -0.497 e. The highest BCUT2D eigenvalue weighted by atomic mass is 32.2. The Balaban J connectivity index is 1.85. The molecule has 0 aliphatic rings. The van der Waals surface area contributed by atoms with Crippen LogP contribution in [0.25, 0.3) is 0 Å². The van der Waals surface area contributed by atoms with Crippen LogP contribution in [0.5, 0.6) is 11.5 Å². The van der Waals surface area contributed by atoms with Gasteiger partial charge in [0.1, 0.15) is 24.1 Å². The largest absolute Gasteiger partial charge is 0.497 e. The third kappa shape index (κ3) is 9.38. The summed E-state index contributed by atoms with van der Waals surface area (Å²) >= 11 is 0. The minimum atomic E-state index is -4.56. The number of nitrogens with one attached hydrogen (secondary N) is 1. The van der Waals surface area contributed by atoms with Crippen molar-refractivity contribution in [3.8, 4) is 11.5 Å². The lowest BCUT2D eigenvalue weighted by molar-refractivity contribution is -0.385. The molecule has 13 heteroatoms. The smallest absolute Gasteiger partial charge is 0.273 e. The van der Waals surface area contributed by atoms with Gasteiger partial charge in [0, 0.05) is 31.1 Å². The molecule has 0 spiro atoms. The van der Waals surface area contributed by atoms with Crippen LogP contribution in [0.15, 0.2) is 102 Å². The molecule has 0 unspecified atom stereocenters. The third-order valence-corrected chi connectivity index (χ3v) is 9.82. The lowest BCUT2D eigenvalue weighted by atomic mass is 10.0. The van der Waals surface area contributed by atoms with Crippen LogP contribution >= 0.6 is 0 Å². The van der Waals surface area contributed by atoms with Crippen LogP contribution in [0.3, 0.4) is 0 Å². The number of carbonyl (C=O) groups is 2. The standard InChI is InChI=1S/C37H42N4O8S/c1-26(2)23-38-37(43)35(21-28-10-7-6-8-11-28)39(24-29-12-9-13-32(20-29)49-5)36(42)25-40(30-15-17-31(48-4)18-16-30)50(46,47)33-19-14-27(3)34(22-33)41(44)45/h6-20,22,26,35H,21,23-25H2,1-5H3,(H,38,43)/t35-/m1/s1. The summed E-state index contributed by atoms with van der Waals surface area (Å²) < 4.78 is 40.3. The van der Waals surface area contributed by atoms with E-state index in [-0.39, 0.29) is 40.7 Å². The average molecular weight is 703 g/mol. The van der Waals surface area contributed by atoms with E-state index in [4.69, 9.17) is 9.47 Å². The van der Waals surface area contributed by atoms with Gasteiger partial charge in [-0.25, -0.2) is 8.42 Å². The number of hydrogen-bond donors (Lipinski definition) is 1. The van der Waals surface area contributed by atoms with Gasteiger partial charge in [0.2, 0.25) is 11.8 Å². The Morgan fingerprint density at radius 1 is 0.860 bits per heavy atom. The Kier molecular flexibility index (Phi) is 12.6. The molecular formula is C37H42N4O8S. The first-order chi connectivity index (χ1) is 23.8. The van der Waals surface area contributed by atoms with Crippen molar-refractivity contribution in [3.63, 3.8) is 0 Å². The number of anilines is 1. The van der Waals surface area contributed by atoms with E-state index >= 15 is 0 Å². The molecule has 12 nitrogen and oxygen atoms in total. The van der Waals surface area contributed by atoms with E-state index in [1.807, 2.05) is 44.2 Å². The highest BCUT2D eigenvalue weighted by molar-refractivity contribution is 7.92. The maximum Gasteiger partial charge on any atom is 0.273 e. The molecule has 0 saturated carbocycles. The van der Waals surface area contributed by atoms with Crippen molar-refractivity contribution < 1.29 is 32.4 Å². The number of hydrogen-bond acceptors (Lipinski definition) is 8. The summed E-state index contributed by atoms with van der Waals surface area (Å²) in [6, 6.07) is 24.9. The Hall–Kier alpha value is -5.43. The van der Waals surface area contributed by atoms with Crippen molar-refractivity contribution >= 4 is 33.2 Å². The maximum absolute atomic E-state index is 14.7. The monoisotopic (exact) mass is 702 g/mol. The molecule has 4 rings (SSSR count). The number of benzene rings is 4. The summed E-state index contributed by atoms with van der Waals surface area (Å²) in [6.07, 6.45) is 0.153. The summed E-state index contributed by atoms with van der Waals surface area (Å²) in [5, 5.41) is 14.7. The van der Waals surface area contributed by atoms with E-state index in [0.29, 0.717) is 23.6 Å². The first-order valence-electron chi connectivity index (χ1n) is 16.0. The van der Waals surface area contributed by atoms with E-state index in [0.717, 1.165) is 15.9 Å². The predicted molar refractivity (Wildman–Crippen MR) is 191 cm³/mol. The number of amides is 2. The zero-order valence-corrected chi connectivity index (χ0v) is 29.6.